The Bertz CT molecular complexity index is 516. The number of hydrogen-bond acceptors (Lipinski definition) is 1. The van der Waals surface area contributed by atoms with Gasteiger partial charge in [-0.05, 0) is 24.6 Å². The maximum Gasteiger partial charge on any atom is 0.227 e. The van der Waals surface area contributed by atoms with Crippen LogP contribution in [0.3, 0.4) is 0 Å². The van der Waals surface area contributed by atoms with Crippen LogP contribution in [-0.2, 0) is 4.79 Å². The van der Waals surface area contributed by atoms with Gasteiger partial charge in [0.05, 0.1) is 12.0 Å². The molecule has 1 aromatic carbocycles. The van der Waals surface area contributed by atoms with E-state index >= 15 is 0 Å². The summed E-state index contributed by atoms with van der Waals surface area (Å²) in [5.74, 6) is -0.431. The number of rotatable bonds is 4. The van der Waals surface area contributed by atoms with Gasteiger partial charge in [-0.2, -0.15) is 0 Å². The number of halogens is 4. The minimum Gasteiger partial charge on any atom is -0.349 e. The van der Waals surface area contributed by atoms with E-state index in [1.165, 1.54) is 0 Å². The van der Waals surface area contributed by atoms with Gasteiger partial charge in [-0.1, -0.05) is 30.7 Å². The third-order valence-electron chi connectivity index (χ3n) is 3.95. The largest absolute Gasteiger partial charge is 0.349 e. The molecule has 1 aromatic rings. The van der Waals surface area contributed by atoms with Gasteiger partial charge in [-0.25, -0.2) is 0 Å². The van der Waals surface area contributed by atoms with Crippen LogP contribution in [0, 0.1) is 11.3 Å². The molecule has 0 aliphatic heterocycles. The van der Waals surface area contributed by atoms with Gasteiger partial charge >= 0.3 is 0 Å². The molecule has 1 fully saturated rings. The molecule has 6 heteroatoms. The molecule has 1 saturated carbocycles. The second kappa shape index (κ2) is 5.57. The third-order valence-corrected chi connectivity index (χ3v) is 6.05. The maximum atomic E-state index is 12.3. The number of carbonyl (C=O) groups is 1. The first kappa shape index (κ1) is 16.2. The summed E-state index contributed by atoms with van der Waals surface area (Å²) in [6.07, 6.45) is 0. The number of nitrogens with one attached hydrogen (secondary N) is 1. The van der Waals surface area contributed by atoms with Crippen molar-refractivity contribution in [1.82, 2.24) is 5.32 Å². The van der Waals surface area contributed by atoms with Crippen molar-refractivity contribution >= 4 is 52.3 Å². The van der Waals surface area contributed by atoms with Crippen molar-refractivity contribution in [3.63, 3.8) is 0 Å². The van der Waals surface area contributed by atoms with E-state index in [9.17, 15) is 4.79 Å². The summed E-state index contributed by atoms with van der Waals surface area (Å²) in [4.78, 5) is 12.3. The van der Waals surface area contributed by atoms with Gasteiger partial charge in [0.1, 0.15) is 4.33 Å². The fourth-order valence-electron chi connectivity index (χ4n) is 2.34. The molecule has 1 aliphatic rings. The van der Waals surface area contributed by atoms with Crippen molar-refractivity contribution < 1.29 is 4.79 Å². The lowest BCUT2D eigenvalue weighted by atomic mass is 10.1. The summed E-state index contributed by atoms with van der Waals surface area (Å²) in [5.41, 5.74) is 0.382. The van der Waals surface area contributed by atoms with Crippen LogP contribution >= 0.6 is 46.4 Å². The predicted octanol–water partition coefficient (Wildman–Crippen LogP) is 4.57. The van der Waals surface area contributed by atoms with Gasteiger partial charge in [0, 0.05) is 16.3 Å². The van der Waals surface area contributed by atoms with E-state index < -0.39 is 15.7 Å². The average molecular weight is 355 g/mol. The Hall–Kier alpha value is -0.150. The molecular weight excluding hydrogens is 340 g/mol. The highest BCUT2D eigenvalue weighted by atomic mass is 35.5. The monoisotopic (exact) mass is 353 g/mol. The van der Waals surface area contributed by atoms with Crippen molar-refractivity contribution in [3.8, 4) is 0 Å². The highest BCUT2D eigenvalue weighted by Crippen LogP contribution is 2.69. The molecule has 0 saturated heterocycles. The smallest absolute Gasteiger partial charge is 0.227 e. The quantitative estimate of drug-likeness (QED) is 0.788. The van der Waals surface area contributed by atoms with E-state index in [1.54, 1.807) is 12.1 Å². The SMILES string of the molecule is CC(NC(=O)C1C(Cl)(Cl)C1(C)CCl)c1ccc(Cl)cc1. The molecule has 0 bridgehead atoms. The lowest BCUT2D eigenvalue weighted by Crippen LogP contribution is -2.30. The first-order valence-electron chi connectivity index (χ1n) is 6.23. The number of alkyl halides is 3. The summed E-state index contributed by atoms with van der Waals surface area (Å²) in [6.45, 7) is 3.71. The lowest BCUT2D eigenvalue weighted by Gasteiger charge is -2.15. The van der Waals surface area contributed by atoms with E-state index in [2.05, 4.69) is 5.32 Å². The number of carbonyl (C=O) groups excluding carboxylic acids is 1. The molecule has 0 aromatic heterocycles. The average Bonchev–Trinajstić information content (AvgIpc) is 2.84. The molecule has 0 spiro atoms. The highest BCUT2D eigenvalue weighted by Gasteiger charge is 2.75. The lowest BCUT2D eigenvalue weighted by molar-refractivity contribution is -0.123. The maximum absolute atomic E-state index is 12.3. The molecule has 0 radical (unpaired) electrons. The molecule has 3 unspecified atom stereocenters. The summed E-state index contributed by atoms with van der Waals surface area (Å²) >= 11 is 24.0. The van der Waals surface area contributed by atoms with Crippen LogP contribution in [0.4, 0.5) is 0 Å². The zero-order valence-electron chi connectivity index (χ0n) is 11.1. The topological polar surface area (TPSA) is 29.1 Å². The standard InChI is InChI=1S/C14H15Cl4NO/c1-8(9-3-5-10(16)6-4-9)19-12(20)11-13(2,7-15)14(11,17)18/h3-6,8,11H,7H2,1-2H3,(H,19,20). The van der Waals surface area contributed by atoms with Crippen LogP contribution in [0.5, 0.6) is 0 Å². The van der Waals surface area contributed by atoms with Crippen LogP contribution < -0.4 is 5.32 Å². The van der Waals surface area contributed by atoms with Gasteiger partial charge in [0.15, 0.2) is 0 Å². The van der Waals surface area contributed by atoms with Gasteiger partial charge in [0.2, 0.25) is 5.91 Å². The van der Waals surface area contributed by atoms with E-state index in [-0.39, 0.29) is 17.8 Å². The number of hydrogen-bond donors (Lipinski definition) is 1. The number of amides is 1. The molecule has 3 atom stereocenters. The Morgan fingerprint density at radius 2 is 1.90 bits per heavy atom. The Kier molecular flexibility index (Phi) is 4.52. The minimum absolute atomic E-state index is 0.149. The van der Waals surface area contributed by atoms with Crippen LogP contribution in [0.1, 0.15) is 25.5 Å². The van der Waals surface area contributed by atoms with E-state index in [0.717, 1.165) is 5.56 Å². The second-order valence-corrected chi connectivity index (χ2v) is 7.48. The summed E-state index contributed by atoms with van der Waals surface area (Å²) in [6, 6.07) is 7.16. The molecule has 1 amide bonds. The van der Waals surface area contributed by atoms with Gasteiger partial charge in [-0.3, -0.25) is 4.79 Å². The van der Waals surface area contributed by atoms with Crippen molar-refractivity contribution in [1.29, 1.82) is 0 Å². The Balaban J connectivity index is 2.04. The zero-order chi connectivity index (χ0) is 15.1. The molecule has 2 rings (SSSR count). The highest BCUT2D eigenvalue weighted by molar-refractivity contribution is 6.54. The van der Waals surface area contributed by atoms with Crippen molar-refractivity contribution in [2.75, 3.05) is 5.88 Å². The third kappa shape index (κ3) is 2.64. The normalized spacial score (nSPS) is 28.8. The molecular formula is C14H15Cl4NO. The molecule has 2 nitrogen and oxygen atoms in total. The van der Waals surface area contributed by atoms with Crippen molar-refractivity contribution in [2.45, 2.75) is 24.2 Å². The molecule has 1 aliphatic carbocycles. The van der Waals surface area contributed by atoms with E-state index in [0.29, 0.717) is 5.02 Å². The van der Waals surface area contributed by atoms with Gasteiger partial charge in [-0.15, -0.1) is 34.8 Å². The Morgan fingerprint density at radius 1 is 1.35 bits per heavy atom. The van der Waals surface area contributed by atoms with Crippen LogP contribution in [0.2, 0.25) is 5.02 Å². The molecule has 1 N–H and O–H groups in total. The first-order chi connectivity index (χ1) is 9.24. The van der Waals surface area contributed by atoms with Gasteiger partial charge < -0.3 is 5.32 Å². The fraction of sp³-hybridized carbons (Fsp3) is 0.500. The van der Waals surface area contributed by atoms with Crippen LogP contribution in [0.15, 0.2) is 24.3 Å². The fourth-order valence-corrected chi connectivity index (χ4v) is 3.89. The Labute approximate surface area is 138 Å². The predicted molar refractivity (Wildman–Crippen MR) is 84.8 cm³/mol. The Morgan fingerprint density at radius 3 is 2.35 bits per heavy atom. The molecule has 0 heterocycles. The van der Waals surface area contributed by atoms with Gasteiger partial charge in [0.25, 0.3) is 0 Å². The molecule has 110 valence electrons. The first-order valence-corrected chi connectivity index (χ1v) is 7.90. The summed E-state index contributed by atoms with van der Waals surface area (Å²) in [7, 11) is 0. The van der Waals surface area contributed by atoms with Crippen molar-refractivity contribution in [2.24, 2.45) is 11.3 Å². The van der Waals surface area contributed by atoms with Crippen LogP contribution in [0.25, 0.3) is 0 Å². The second-order valence-electron chi connectivity index (χ2n) is 5.39. The number of benzene rings is 1. The minimum atomic E-state index is -1.10. The molecule has 20 heavy (non-hydrogen) atoms. The van der Waals surface area contributed by atoms with E-state index in [1.807, 2.05) is 26.0 Å². The van der Waals surface area contributed by atoms with E-state index in [4.69, 9.17) is 46.4 Å². The van der Waals surface area contributed by atoms with Crippen molar-refractivity contribution in [3.05, 3.63) is 34.9 Å². The van der Waals surface area contributed by atoms with Crippen LogP contribution in [-0.4, -0.2) is 16.1 Å². The zero-order valence-corrected chi connectivity index (χ0v) is 14.1. The summed E-state index contributed by atoms with van der Waals surface area (Å²) in [5, 5.41) is 3.57. The summed E-state index contributed by atoms with van der Waals surface area (Å²) < 4.78 is -1.10.